The predicted octanol–water partition coefficient (Wildman–Crippen LogP) is -0.868. The first-order chi connectivity index (χ1) is 9.99. The van der Waals surface area contributed by atoms with E-state index in [9.17, 15) is 19.5 Å². The lowest BCUT2D eigenvalue weighted by atomic mass is 9.94. The van der Waals surface area contributed by atoms with Crippen molar-refractivity contribution in [1.82, 2.24) is 15.5 Å². The van der Waals surface area contributed by atoms with Crippen LogP contribution in [0, 0.1) is 5.92 Å². The monoisotopic (exact) mass is 299 g/mol. The smallest absolute Gasteiger partial charge is 0.404 e. The van der Waals surface area contributed by atoms with Crippen molar-refractivity contribution in [1.29, 1.82) is 0 Å². The third kappa shape index (κ3) is 3.84. The second kappa shape index (κ2) is 6.75. The van der Waals surface area contributed by atoms with E-state index >= 15 is 0 Å². The molecule has 8 heteroatoms. The van der Waals surface area contributed by atoms with E-state index in [2.05, 4.69) is 10.6 Å². The zero-order valence-electron chi connectivity index (χ0n) is 11.7. The number of rotatable bonds is 5. The topological polar surface area (TPSA) is 119 Å². The van der Waals surface area contributed by atoms with Gasteiger partial charge in [0.05, 0.1) is 6.04 Å². The first-order valence-corrected chi connectivity index (χ1v) is 7.23. The van der Waals surface area contributed by atoms with Crippen LogP contribution in [0.2, 0.25) is 0 Å². The van der Waals surface area contributed by atoms with Crippen LogP contribution in [0.1, 0.15) is 25.7 Å². The average Bonchev–Trinajstić information content (AvgIpc) is 3.08. The molecule has 0 aromatic carbocycles. The number of aliphatic hydroxyl groups excluding tert-OH is 1. The van der Waals surface area contributed by atoms with Gasteiger partial charge in [0.25, 0.3) is 5.91 Å². The molecule has 21 heavy (non-hydrogen) atoms. The van der Waals surface area contributed by atoms with Gasteiger partial charge in [-0.1, -0.05) is 0 Å². The number of carboxylic acid groups (broad SMARTS) is 1. The quantitative estimate of drug-likeness (QED) is 0.526. The number of carbonyl (C=O) groups is 3. The Morgan fingerprint density at radius 2 is 2.05 bits per heavy atom. The van der Waals surface area contributed by atoms with Crippen molar-refractivity contribution in [3.05, 3.63) is 0 Å². The highest BCUT2D eigenvalue weighted by atomic mass is 16.4. The van der Waals surface area contributed by atoms with Gasteiger partial charge in [0.15, 0.2) is 6.10 Å². The zero-order chi connectivity index (χ0) is 15.4. The van der Waals surface area contributed by atoms with Crippen molar-refractivity contribution in [2.24, 2.45) is 5.92 Å². The normalized spacial score (nSPS) is 24.5. The second-order valence-electron chi connectivity index (χ2n) is 5.55. The summed E-state index contributed by atoms with van der Waals surface area (Å²) in [5.41, 5.74) is 0. The maximum Gasteiger partial charge on any atom is 0.404 e. The highest BCUT2D eigenvalue weighted by Crippen LogP contribution is 2.19. The molecular formula is C13H21N3O5. The Bertz CT molecular complexity index is 422. The molecular weight excluding hydrogens is 278 g/mol. The van der Waals surface area contributed by atoms with Crippen molar-refractivity contribution in [3.63, 3.8) is 0 Å². The van der Waals surface area contributed by atoms with E-state index in [1.54, 1.807) is 0 Å². The fourth-order valence-corrected chi connectivity index (χ4v) is 2.90. The largest absolute Gasteiger partial charge is 0.465 e. The molecule has 0 aromatic rings. The van der Waals surface area contributed by atoms with Gasteiger partial charge in [-0.05, 0) is 25.7 Å². The molecule has 2 rings (SSSR count). The van der Waals surface area contributed by atoms with E-state index in [0.717, 1.165) is 12.8 Å². The summed E-state index contributed by atoms with van der Waals surface area (Å²) in [5.74, 6) is -0.999. The molecule has 2 heterocycles. The van der Waals surface area contributed by atoms with E-state index in [-0.39, 0.29) is 18.2 Å². The Labute approximate surface area is 122 Å². The molecule has 0 saturated carbocycles. The van der Waals surface area contributed by atoms with Gasteiger partial charge >= 0.3 is 6.09 Å². The zero-order valence-corrected chi connectivity index (χ0v) is 11.7. The number of hydrogen-bond acceptors (Lipinski definition) is 4. The van der Waals surface area contributed by atoms with Gasteiger partial charge in [0.1, 0.15) is 0 Å². The van der Waals surface area contributed by atoms with Gasteiger partial charge < -0.3 is 25.7 Å². The first-order valence-electron chi connectivity index (χ1n) is 7.23. The molecule has 2 saturated heterocycles. The molecule has 2 unspecified atom stereocenters. The Kier molecular flexibility index (Phi) is 5.00. The molecule has 3 amide bonds. The number of amides is 3. The summed E-state index contributed by atoms with van der Waals surface area (Å²) in [4.78, 5) is 36.2. The van der Waals surface area contributed by atoms with Gasteiger partial charge in [0.2, 0.25) is 5.91 Å². The summed E-state index contributed by atoms with van der Waals surface area (Å²) < 4.78 is 0. The molecule has 8 nitrogen and oxygen atoms in total. The minimum Gasteiger partial charge on any atom is -0.465 e. The van der Waals surface area contributed by atoms with Gasteiger partial charge in [-0.3, -0.25) is 9.59 Å². The molecule has 0 radical (unpaired) electrons. The lowest BCUT2D eigenvalue weighted by molar-refractivity contribution is -0.141. The Balaban J connectivity index is 2.01. The molecule has 3 atom stereocenters. The van der Waals surface area contributed by atoms with Crippen LogP contribution in [-0.4, -0.2) is 64.8 Å². The summed E-state index contributed by atoms with van der Waals surface area (Å²) in [7, 11) is 0. The van der Waals surface area contributed by atoms with E-state index in [1.165, 1.54) is 4.90 Å². The Morgan fingerprint density at radius 1 is 1.38 bits per heavy atom. The standard InChI is InChI=1S/C13H21N3O5/c17-10(12(19)16-5-1-2-6-16)9(15-13(20)21)7-8-3-4-14-11(8)18/h8-10,15,17H,1-7H2,(H,14,18)(H,20,21)/t8?,9-,10?/m0/s1. The SMILES string of the molecule is O=C(O)N[C@@H](CC1CCNC1=O)C(O)C(=O)N1CCCC1. The minimum atomic E-state index is -1.45. The Morgan fingerprint density at radius 3 is 2.57 bits per heavy atom. The fourth-order valence-electron chi connectivity index (χ4n) is 2.90. The number of hydrogen-bond donors (Lipinski definition) is 4. The van der Waals surface area contributed by atoms with E-state index in [1.807, 2.05) is 0 Å². The molecule has 0 aromatic heterocycles. The maximum atomic E-state index is 12.2. The molecule has 118 valence electrons. The van der Waals surface area contributed by atoms with E-state index in [0.29, 0.717) is 26.1 Å². The first kappa shape index (κ1) is 15.6. The van der Waals surface area contributed by atoms with Gasteiger partial charge in [0, 0.05) is 25.6 Å². The summed E-state index contributed by atoms with van der Waals surface area (Å²) in [6, 6.07) is -0.968. The van der Waals surface area contributed by atoms with Crippen LogP contribution in [0.5, 0.6) is 0 Å². The fraction of sp³-hybridized carbons (Fsp3) is 0.769. The van der Waals surface area contributed by atoms with Gasteiger partial charge in [-0.15, -0.1) is 0 Å². The molecule has 0 aliphatic carbocycles. The molecule has 4 N–H and O–H groups in total. The van der Waals surface area contributed by atoms with Crippen LogP contribution in [0.25, 0.3) is 0 Å². The van der Waals surface area contributed by atoms with Crippen molar-refractivity contribution in [2.75, 3.05) is 19.6 Å². The number of carbonyl (C=O) groups excluding carboxylic acids is 2. The molecule has 2 fully saturated rings. The Hall–Kier alpha value is -1.83. The van der Waals surface area contributed by atoms with Gasteiger partial charge in [-0.25, -0.2) is 4.79 Å². The third-order valence-corrected chi connectivity index (χ3v) is 4.06. The lowest BCUT2D eigenvalue weighted by Gasteiger charge is -2.27. The third-order valence-electron chi connectivity index (χ3n) is 4.06. The van der Waals surface area contributed by atoms with Crippen LogP contribution in [0.15, 0.2) is 0 Å². The number of aliphatic hydroxyl groups is 1. The van der Waals surface area contributed by atoms with Crippen LogP contribution in [-0.2, 0) is 9.59 Å². The average molecular weight is 299 g/mol. The number of nitrogens with zero attached hydrogens (tertiary/aromatic N) is 1. The molecule has 0 bridgehead atoms. The van der Waals surface area contributed by atoms with Crippen LogP contribution >= 0.6 is 0 Å². The molecule has 0 spiro atoms. The lowest BCUT2D eigenvalue weighted by Crippen LogP contribution is -2.52. The van der Waals surface area contributed by atoms with Crippen LogP contribution in [0.3, 0.4) is 0 Å². The number of likely N-dealkylation sites (tertiary alicyclic amines) is 1. The van der Waals surface area contributed by atoms with Crippen molar-refractivity contribution < 1.29 is 24.6 Å². The van der Waals surface area contributed by atoms with Crippen molar-refractivity contribution >= 4 is 17.9 Å². The van der Waals surface area contributed by atoms with Crippen molar-refractivity contribution in [3.8, 4) is 0 Å². The highest BCUT2D eigenvalue weighted by Gasteiger charge is 2.36. The van der Waals surface area contributed by atoms with Gasteiger partial charge in [-0.2, -0.15) is 0 Å². The second-order valence-corrected chi connectivity index (χ2v) is 5.55. The highest BCUT2D eigenvalue weighted by molar-refractivity contribution is 5.83. The summed E-state index contributed by atoms with van der Waals surface area (Å²) in [5, 5.41) is 23.9. The molecule has 2 aliphatic heterocycles. The maximum absolute atomic E-state index is 12.2. The predicted molar refractivity (Wildman–Crippen MR) is 72.5 cm³/mol. The van der Waals surface area contributed by atoms with E-state index in [4.69, 9.17) is 5.11 Å². The number of nitrogens with one attached hydrogen (secondary N) is 2. The summed E-state index contributed by atoms with van der Waals surface area (Å²) in [6.45, 7) is 1.71. The molecule has 2 aliphatic rings. The summed E-state index contributed by atoms with van der Waals surface area (Å²) in [6.07, 6.45) is -0.277. The minimum absolute atomic E-state index is 0.124. The van der Waals surface area contributed by atoms with Crippen LogP contribution in [0.4, 0.5) is 4.79 Å². The van der Waals surface area contributed by atoms with Crippen molar-refractivity contribution in [2.45, 2.75) is 37.8 Å². The summed E-state index contributed by atoms with van der Waals surface area (Å²) >= 11 is 0. The van der Waals surface area contributed by atoms with E-state index < -0.39 is 24.1 Å². The van der Waals surface area contributed by atoms with Crippen LogP contribution < -0.4 is 10.6 Å².